The van der Waals surface area contributed by atoms with E-state index in [1.807, 2.05) is 30.3 Å². The molecule has 3 heteroatoms. The molecule has 0 aromatic heterocycles. The Hall–Kier alpha value is -1.61. The van der Waals surface area contributed by atoms with Crippen LogP contribution in [0.5, 0.6) is 0 Å². The summed E-state index contributed by atoms with van der Waals surface area (Å²) in [5.74, 6) is -1.01. The Kier molecular flexibility index (Phi) is 3.27. The van der Waals surface area contributed by atoms with Crippen LogP contribution in [-0.4, -0.2) is 16.6 Å². The van der Waals surface area contributed by atoms with Crippen LogP contribution < -0.4 is 5.73 Å². The Morgan fingerprint density at radius 2 is 2.00 bits per heavy atom. The van der Waals surface area contributed by atoms with Crippen LogP contribution in [0.25, 0.3) is 5.57 Å². The summed E-state index contributed by atoms with van der Waals surface area (Å²) in [6, 6.07) is 9.44. The summed E-state index contributed by atoms with van der Waals surface area (Å²) in [5, 5.41) is 8.87. The Morgan fingerprint density at radius 3 is 2.47 bits per heavy atom. The molecular formula is C12H15NO2. The van der Waals surface area contributed by atoms with E-state index >= 15 is 0 Å². The van der Waals surface area contributed by atoms with Crippen LogP contribution in [0.1, 0.15) is 18.9 Å². The minimum absolute atomic E-state index is 0.242. The van der Waals surface area contributed by atoms with Gasteiger partial charge in [-0.15, -0.1) is 0 Å². The van der Waals surface area contributed by atoms with Crippen LogP contribution >= 0.6 is 0 Å². The molecule has 15 heavy (non-hydrogen) atoms. The van der Waals surface area contributed by atoms with E-state index in [1.165, 1.54) is 6.92 Å². The molecule has 0 saturated heterocycles. The quantitative estimate of drug-likeness (QED) is 0.789. The van der Waals surface area contributed by atoms with Gasteiger partial charge < -0.3 is 10.8 Å². The second-order valence-corrected chi connectivity index (χ2v) is 3.87. The van der Waals surface area contributed by atoms with Crippen molar-refractivity contribution in [2.45, 2.75) is 18.9 Å². The van der Waals surface area contributed by atoms with Gasteiger partial charge in [-0.2, -0.15) is 0 Å². The van der Waals surface area contributed by atoms with E-state index < -0.39 is 11.5 Å². The molecule has 3 N–H and O–H groups in total. The van der Waals surface area contributed by atoms with E-state index in [4.69, 9.17) is 10.8 Å². The van der Waals surface area contributed by atoms with Gasteiger partial charge in [-0.25, -0.2) is 0 Å². The number of rotatable bonds is 4. The van der Waals surface area contributed by atoms with Gasteiger partial charge in [0.2, 0.25) is 0 Å². The topological polar surface area (TPSA) is 63.3 Å². The highest BCUT2D eigenvalue weighted by Gasteiger charge is 2.28. The molecule has 0 spiro atoms. The molecule has 0 aliphatic carbocycles. The molecule has 0 amide bonds. The van der Waals surface area contributed by atoms with Gasteiger partial charge in [0.25, 0.3) is 0 Å². The molecule has 80 valence electrons. The number of nitrogens with two attached hydrogens (primary N) is 1. The second kappa shape index (κ2) is 4.28. The normalized spacial score (nSPS) is 14.3. The van der Waals surface area contributed by atoms with Crippen molar-refractivity contribution in [1.29, 1.82) is 0 Å². The zero-order valence-electron chi connectivity index (χ0n) is 8.73. The lowest BCUT2D eigenvalue weighted by Crippen LogP contribution is -2.44. The van der Waals surface area contributed by atoms with Crippen LogP contribution in [-0.2, 0) is 4.79 Å². The number of aliphatic carboxylic acids is 1. The van der Waals surface area contributed by atoms with Gasteiger partial charge in [0.1, 0.15) is 5.54 Å². The molecule has 0 aliphatic heterocycles. The molecule has 0 radical (unpaired) electrons. The minimum atomic E-state index is -1.26. The zero-order valence-corrected chi connectivity index (χ0v) is 8.73. The van der Waals surface area contributed by atoms with Crippen molar-refractivity contribution in [3.8, 4) is 0 Å². The standard InChI is InChI=1S/C12H15NO2/c1-9(8-12(2,13)11(14)15)10-6-4-3-5-7-10/h3-7H,1,8,13H2,2H3,(H,14,15). The summed E-state index contributed by atoms with van der Waals surface area (Å²) < 4.78 is 0. The van der Waals surface area contributed by atoms with Crippen LogP contribution in [0.4, 0.5) is 0 Å². The fourth-order valence-corrected chi connectivity index (χ4v) is 1.29. The first-order valence-corrected chi connectivity index (χ1v) is 4.69. The van der Waals surface area contributed by atoms with Crippen LogP contribution in [0.15, 0.2) is 36.9 Å². The number of carbonyl (C=O) groups is 1. The smallest absolute Gasteiger partial charge is 0.323 e. The highest BCUT2D eigenvalue weighted by atomic mass is 16.4. The molecule has 1 rings (SSSR count). The van der Waals surface area contributed by atoms with Gasteiger partial charge in [0, 0.05) is 6.42 Å². The molecule has 0 saturated carbocycles. The van der Waals surface area contributed by atoms with Crippen molar-refractivity contribution in [2.75, 3.05) is 0 Å². The van der Waals surface area contributed by atoms with Gasteiger partial charge in [-0.1, -0.05) is 36.9 Å². The van der Waals surface area contributed by atoms with Gasteiger partial charge in [-0.05, 0) is 18.1 Å². The monoisotopic (exact) mass is 205 g/mol. The molecule has 3 nitrogen and oxygen atoms in total. The van der Waals surface area contributed by atoms with Crippen LogP contribution in [0.2, 0.25) is 0 Å². The lowest BCUT2D eigenvalue weighted by molar-refractivity contribution is -0.142. The minimum Gasteiger partial charge on any atom is -0.480 e. The predicted molar refractivity (Wildman–Crippen MR) is 60.3 cm³/mol. The van der Waals surface area contributed by atoms with E-state index in [0.29, 0.717) is 0 Å². The molecule has 0 aliphatic rings. The zero-order chi connectivity index (χ0) is 11.5. The molecular weight excluding hydrogens is 190 g/mol. The second-order valence-electron chi connectivity index (χ2n) is 3.87. The molecule has 0 fully saturated rings. The molecule has 1 aromatic carbocycles. The number of hydrogen-bond acceptors (Lipinski definition) is 2. The summed E-state index contributed by atoms with van der Waals surface area (Å²) in [7, 11) is 0. The van der Waals surface area contributed by atoms with Gasteiger partial charge in [0.05, 0.1) is 0 Å². The summed E-state index contributed by atoms with van der Waals surface area (Å²) in [6.45, 7) is 5.34. The fraction of sp³-hybridized carbons (Fsp3) is 0.250. The first kappa shape index (κ1) is 11.5. The molecule has 0 heterocycles. The largest absolute Gasteiger partial charge is 0.480 e. The third-order valence-electron chi connectivity index (χ3n) is 2.25. The van der Waals surface area contributed by atoms with Crippen molar-refractivity contribution in [2.24, 2.45) is 5.73 Å². The summed E-state index contributed by atoms with van der Waals surface area (Å²) in [6.07, 6.45) is 0.242. The van der Waals surface area contributed by atoms with E-state index in [-0.39, 0.29) is 6.42 Å². The first-order chi connectivity index (χ1) is 6.93. The third kappa shape index (κ3) is 2.92. The molecule has 0 bridgehead atoms. The van der Waals surface area contributed by atoms with E-state index in [0.717, 1.165) is 11.1 Å². The highest BCUT2D eigenvalue weighted by molar-refractivity contribution is 5.81. The summed E-state index contributed by atoms with van der Waals surface area (Å²) >= 11 is 0. The Labute approximate surface area is 89.2 Å². The molecule has 1 unspecified atom stereocenters. The first-order valence-electron chi connectivity index (χ1n) is 4.69. The SMILES string of the molecule is C=C(CC(C)(N)C(=O)O)c1ccccc1. The lowest BCUT2D eigenvalue weighted by atomic mass is 9.91. The van der Waals surface area contributed by atoms with Crippen molar-refractivity contribution < 1.29 is 9.90 Å². The lowest BCUT2D eigenvalue weighted by Gasteiger charge is -2.20. The van der Waals surface area contributed by atoms with Crippen LogP contribution in [0.3, 0.4) is 0 Å². The summed E-state index contributed by atoms with van der Waals surface area (Å²) in [4.78, 5) is 10.8. The number of carboxylic acids is 1. The number of carboxylic acid groups (broad SMARTS) is 1. The van der Waals surface area contributed by atoms with Crippen molar-refractivity contribution in [3.63, 3.8) is 0 Å². The van der Waals surface area contributed by atoms with Gasteiger partial charge in [0.15, 0.2) is 0 Å². The van der Waals surface area contributed by atoms with Crippen molar-refractivity contribution in [1.82, 2.24) is 0 Å². The Bertz CT molecular complexity index is 368. The predicted octanol–water partition coefficient (Wildman–Crippen LogP) is 1.89. The van der Waals surface area contributed by atoms with Gasteiger partial charge in [-0.3, -0.25) is 4.79 Å². The number of hydrogen-bond donors (Lipinski definition) is 2. The summed E-state index contributed by atoms with van der Waals surface area (Å²) in [5.41, 5.74) is 6.05. The average Bonchev–Trinajstić information content (AvgIpc) is 2.18. The van der Waals surface area contributed by atoms with Gasteiger partial charge >= 0.3 is 5.97 Å². The third-order valence-corrected chi connectivity index (χ3v) is 2.25. The van der Waals surface area contributed by atoms with Crippen molar-refractivity contribution >= 4 is 11.5 Å². The average molecular weight is 205 g/mol. The van der Waals surface area contributed by atoms with E-state index in [1.54, 1.807) is 0 Å². The maximum Gasteiger partial charge on any atom is 0.323 e. The Morgan fingerprint density at radius 1 is 1.47 bits per heavy atom. The molecule has 1 aromatic rings. The van der Waals surface area contributed by atoms with Crippen LogP contribution in [0, 0.1) is 0 Å². The maximum absolute atomic E-state index is 10.8. The molecule has 1 atom stereocenters. The maximum atomic E-state index is 10.8. The van der Waals surface area contributed by atoms with E-state index in [2.05, 4.69) is 6.58 Å². The van der Waals surface area contributed by atoms with Crippen molar-refractivity contribution in [3.05, 3.63) is 42.5 Å². The highest BCUT2D eigenvalue weighted by Crippen LogP contribution is 2.21. The van der Waals surface area contributed by atoms with E-state index in [9.17, 15) is 4.79 Å². The fourth-order valence-electron chi connectivity index (χ4n) is 1.29. The Balaban J connectivity index is 2.77. The number of benzene rings is 1.